The van der Waals surface area contributed by atoms with Crippen LogP contribution in [0.25, 0.3) is 0 Å². The number of carbonyl (C=O) groups is 1. The van der Waals surface area contributed by atoms with Crippen LogP contribution in [-0.4, -0.2) is 29.4 Å². The highest BCUT2D eigenvalue weighted by molar-refractivity contribution is 6.29. The van der Waals surface area contributed by atoms with Gasteiger partial charge >= 0.3 is 5.97 Å². The fraction of sp³-hybridized carbons (Fsp3) is 0.308. The Hall–Kier alpha value is -1.88. The monoisotopic (exact) mass is 280 g/mol. The smallest absolute Gasteiger partial charge is 0.318 e. The van der Waals surface area contributed by atoms with E-state index in [-0.39, 0.29) is 11.6 Å². The minimum absolute atomic E-state index is 0.227. The molecule has 6 heteroatoms. The van der Waals surface area contributed by atoms with Gasteiger partial charge in [0.25, 0.3) is 0 Å². The lowest BCUT2D eigenvalue weighted by atomic mass is 9.76. The zero-order valence-electron chi connectivity index (χ0n) is 10.6. The third kappa shape index (κ3) is 2.33. The molecule has 2 heterocycles. The summed E-state index contributed by atoms with van der Waals surface area (Å²) in [6.07, 6.45) is 4.88. The highest BCUT2D eigenvalue weighted by Crippen LogP contribution is 2.39. The number of carboxylic acids is 1. The number of ether oxygens (including phenoxy) is 1. The summed E-state index contributed by atoms with van der Waals surface area (Å²) in [6, 6.07) is 1.53. The van der Waals surface area contributed by atoms with Crippen molar-refractivity contribution in [2.45, 2.75) is 18.8 Å². The molecule has 0 aliphatic carbocycles. The van der Waals surface area contributed by atoms with Gasteiger partial charge in [-0.3, -0.25) is 9.79 Å². The second kappa shape index (κ2) is 5.01. The maximum atomic E-state index is 11.8. The minimum Gasteiger partial charge on any atom is -0.495 e. The fourth-order valence-corrected chi connectivity index (χ4v) is 2.32. The molecule has 19 heavy (non-hydrogen) atoms. The minimum atomic E-state index is -1.22. The van der Waals surface area contributed by atoms with Crippen LogP contribution in [0.5, 0.6) is 5.75 Å². The number of methoxy groups -OCH3 is 1. The van der Waals surface area contributed by atoms with Crippen LogP contribution < -0.4 is 4.74 Å². The molecule has 0 amide bonds. The zero-order valence-corrected chi connectivity index (χ0v) is 11.3. The topological polar surface area (TPSA) is 71.8 Å². The Labute approximate surface area is 115 Å². The molecule has 5 nitrogen and oxygen atoms in total. The number of aliphatic imine (C=N–C) groups is 1. The van der Waals surface area contributed by atoms with Crippen LogP contribution in [0.2, 0.25) is 5.15 Å². The summed E-state index contributed by atoms with van der Waals surface area (Å²) in [7, 11) is 1.47. The van der Waals surface area contributed by atoms with E-state index in [0.717, 1.165) is 0 Å². The molecule has 0 saturated carbocycles. The highest BCUT2D eigenvalue weighted by atomic mass is 35.5. The predicted molar refractivity (Wildman–Crippen MR) is 72.0 cm³/mol. The molecule has 1 aliphatic rings. The number of pyridine rings is 1. The van der Waals surface area contributed by atoms with Crippen LogP contribution in [0.15, 0.2) is 29.0 Å². The first kappa shape index (κ1) is 13.5. The SMILES string of the molecule is COc1cnc(Cl)cc1C1(C(=O)O)C=C(C)N=CC1. The maximum absolute atomic E-state index is 11.8. The van der Waals surface area contributed by atoms with Gasteiger partial charge in [-0.15, -0.1) is 0 Å². The van der Waals surface area contributed by atoms with Gasteiger partial charge in [-0.05, 0) is 19.1 Å². The van der Waals surface area contributed by atoms with Crippen LogP contribution in [0.3, 0.4) is 0 Å². The lowest BCUT2D eigenvalue weighted by Crippen LogP contribution is -2.36. The van der Waals surface area contributed by atoms with Gasteiger partial charge in [-0.2, -0.15) is 0 Å². The summed E-state index contributed by atoms with van der Waals surface area (Å²) < 4.78 is 5.21. The van der Waals surface area contributed by atoms with Crippen LogP contribution in [0.1, 0.15) is 18.9 Å². The number of hydrogen-bond acceptors (Lipinski definition) is 4. The normalized spacial score (nSPS) is 21.9. The molecule has 100 valence electrons. The summed E-state index contributed by atoms with van der Waals surface area (Å²) in [5.74, 6) is -0.579. The number of aliphatic carboxylic acids is 1. The average molecular weight is 281 g/mol. The molecular formula is C13H13ClN2O3. The van der Waals surface area contributed by atoms with E-state index in [9.17, 15) is 9.90 Å². The van der Waals surface area contributed by atoms with Crippen molar-refractivity contribution in [1.29, 1.82) is 0 Å². The standard InChI is InChI=1S/C13H13ClN2O3/c1-8-6-13(12(17)18,3-4-15-8)9-5-11(14)16-7-10(9)19-2/h4-7H,3H2,1-2H3,(H,17,18). The summed E-state index contributed by atoms with van der Waals surface area (Å²) >= 11 is 5.88. The molecule has 0 fully saturated rings. The Morgan fingerprint density at radius 2 is 2.32 bits per heavy atom. The van der Waals surface area contributed by atoms with Crippen molar-refractivity contribution in [2.24, 2.45) is 4.99 Å². The van der Waals surface area contributed by atoms with Gasteiger partial charge in [0.2, 0.25) is 0 Å². The van der Waals surface area contributed by atoms with Gasteiger partial charge in [0.1, 0.15) is 16.3 Å². The molecule has 1 atom stereocenters. The maximum Gasteiger partial charge on any atom is 0.318 e. The molecule has 1 unspecified atom stereocenters. The zero-order chi connectivity index (χ0) is 14.0. The largest absolute Gasteiger partial charge is 0.495 e. The number of hydrogen-bond donors (Lipinski definition) is 1. The lowest BCUT2D eigenvalue weighted by molar-refractivity contribution is -0.141. The molecule has 0 aromatic carbocycles. The van der Waals surface area contributed by atoms with Crippen molar-refractivity contribution in [2.75, 3.05) is 7.11 Å². The number of aromatic nitrogens is 1. The molecule has 0 saturated heterocycles. The first-order valence-corrected chi connectivity index (χ1v) is 6.03. The molecule has 0 bridgehead atoms. The van der Waals surface area contributed by atoms with Crippen molar-refractivity contribution in [3.05, 3.63) is 34.8 Å². The Morgan fingerprint density at radius 3 is 2.89 bits per heavy atom. The summed E-state index contributed by atoms with van der Waals surface area (Å²) in [5.41, 5.74) is -0.0966. The quantitative estimate of drug-likeness (QED) is 0.863. The molecule has 1 aromatic rings. The summed E-state index contributed by atoms with van der Waals surface area (Å²) in [5, 5.41) is 9.87. The van der Waals surface area contributed by atoms with Crippen LogP contribution >= 0.6 is 11.6 Å². The Bertz CT molecular complexity index is 583. The summed E-state index contributed by atoms with van der Waals surface area (Å²) in [4.78, 5) is 19.8. The molecule has 0 radical (unpaired) electrons. The van der Waals surface area contributed by atoms with Crippen LogP contribution in [-0.2, 0) is 10.2 Å². The van der Waals surface area contributed by atoms with Gasteiger partial charge < -0.3 is 9.84 Å². The Kier molecular flexibility index (Phi) is 3.57. The highest BCUT2D eigenvalue weighted by Gasteiger charge is 2.41. The van der Waals surface area contributed by atoms with E-state index in [1.807, 2.05) is 0 Å². The predicted octanol–water partition coefficient (Wildman–Crippen LogP) is 2.44. The van der Waals surface area contributed by atoms with Crippen LogP contribution in [0, 0.1) is 0 Å². The molecule has 1 aliphatic heterocycles. The first-order chi connectivity index (χ1) is 8.99. The first-order valence-electron chi connectivity index (χ1n) is 5.65. The van der Waals surface area contributed by atoms with E-state index in [4.69, 9.17) is 16.3 Å². The van der Waals surface area contributed by atoms with Crippen molar-refractivity contribution in [3.63, 3.8) is 0 Å². The van der Waals surface area contributed by atoms with Gasteiger partial charge in [0.15, 0.2) is 0 Å². The second-order valence-corrected chi connectivity index (χ2v) is 4.67. The van der Waals surface area contributed by atoms with Crippen molar-refractivity contribution in [3.8, 4) is 5.75 Å². The van der Waals surface area contributed by atoms with Gasteiger partial charge in [0, 0.05) is 23.9 Å². The summed E-state index contributed by atoms with van der Waals surface area (Å²) in [6.45, 7) is 1.75. The van der Waals surface area contributed by atoms with Gasteiger partial charge in [0.05, 0.1) is 13.3 Å². The van der Waals surface area contributed by atoms with E-state index in [2.05, 4.69) is 9.98 Å². The van der Waals surface area contributed by atoms with Gasteiger partial charge in [-0.1, -0.05) is 11.6 Å². The molecule has 2 rings (SSSR count). The number of nitrogens with zero attached hydrogens (tertiary/aromatic N) is 2. The number of carboxylic acid groups (broad SMARTS) is 1. The van der Waals surface area contributed by atoms with E-state index >= 15 is 0 Å². The average Bonchev–Trinajstić information content (AvgIpc) is 2.38. The van der Waals surface area contributed by atoms with Crippen molar-refractivity contribution in [1.82, 2.24) is 4.98 Å². The number of rotatable bonds is 3. The molecule has 0 spiro atoms. The fourth-order valence-electron chi connectivity index (χ4n) is 2.17. The number of allylic oxidation sites excluding steroid dienone is 1. The third-order valence-electron chi connectivity index (χ3n) is 3.08. The Balaban J connectivity index is 2.67. The third-order valence-corrected chi connectivity index (χ3v) is 3.29. The molecule has 1 aromatic heterocycles. The molecule has 1 N–H and O–H groups in total. The second-order valence-electron chi connectivity index (χ2n) is 4.29. The van der Waals surface area contributed by atoms with Gasteiger partial charge in [-0.25, -0.2) is 4.98 Å². The number of halogens is 1. The van der Waals surface area contributed by atoms with Crippen LogP contribution in [0.4, 0.5) is 0 Å². The van der Waals surface area contributed by atoms with Crippen molar-refractivity contribution < 1.29 is 14.6 Å². The lowest BCUT2D eigenvalue weighted by Gasteiger charge is -2.29. The van der Waals surface area contributed by atoms with Crippen molar-refractivity contribution >= 4 is 23.8 Å². The van der Waals surface area contributed by atoms with E-state index < -0.39 is 11.4 Å². The van der Waals surface area contributed by atoms with E-state index in [0.29, 0.717) is 17.0 Å². The van der Waals surface area contributed by atoms with E-state index in [1.165, 1.54) is 19.4 Å². The van der Waals surface area contributed by atoms with E-state index in [1.54, 1.807) is 19.2 Å². The Morgan fingerprint density at radius 1 is 1.58 bits per heavy atom. The molecular weight excluding hydrogens is 268 g/mol.